The number of fused-ring (bicyclic) bond motifs is 1. The lowest BCUT2D eigenvalue weighted by atomic mass is 10.1. The zero-order chi connectivity index (χ0) is 26.4. The van der Waals surface area contributed by atoms with E-state index in [1.807, 2.05) is 35.2 Å². The predicted octanol–water partition coefficient (Wildman–Crippen LogP) is 4.07. The van der Waals surface area contributed by atoms with Gasteiger partial charge in [0.05, 0.1) is 29.3 Å². The number of piperazine rings is 1. The van der Waals surface area contributed by atoms with E-state index >= 15 is 4.39 Å². The van der Waals surface area contributed by atoms with Gasteiger partial charge in [-0.1, -0.05) is 30.3 Å². The van der Waals surface area contributed by atoms with Crippen molar-refractivity contribution in [2.24, 2.45) is 0 Å². The maximum absolute atomic E-state index is 15.3. The first-order valence-corrected chi connectivity index (χ1v) is 12.3. The van der Waals surface area contributed by atoms with Crippen LogP contribution in [0, 0.1) is 5.82 Å². The van der Waals surface area contributed by atoms with Gasteiger partial charge in [-0.15, -0.1) is 0 Å². The molecule has 3 heterocycles. The summed E-state index contributed by atoms with van der Waals surface area (Å²) in [6.07, 6.45) is 1.57. The van der Waals surface area contributed by atoms with Crippen LogP contribution in [0.2, 0.25) is 0 Å². The molecule has 11 heteroatoms. The van der Waals surface area contributed by atoms with Gasteiger partial charge in [0.1, 0.15) is 5.82 Å². The van der Waals surface area contributed by atoms with Crippen molar-refractivity contribution in [3.05, 3.63) is 81.1 Å². The Morgan fingerprint density at radius 1 is 1.05 bits per heavy atom. The Balaban J connectivity index is 1.24. The molecular weight excluding hydrogens is 497 g/mol. The summed E-state index contributed by atoms with van der Waals surface area (Å²) in [5, 5.41) is 9.07. The maximum Gasteiger partial charge on any atom is 0.519 e. The number of rotatable bonds is 6. The van der Waals surface area contributed by atoms with Crippen molar-refractivity contribution in [2.45, 2.75) is 25.4 Å². The molecule has 0 radical (unpaired) electrons. The highest BCUT2D eigenvalue weighted by Crippen LogP contribution is 2.39. The van der Waals surface area contributed by atoms with Crippen molar-refractivity contribution in [2.75, 3.05) is 31.1 Å². The van der Waals surface area contributed by atoms with Gasteiger partial charge in [-0.2, -0.15) is 0 Å². The fraction of sp³-hybridized carbons (Fsp3) is 0.296. The van der Waals surface area contributed by atoms with E-state index in [9.17, 15) is 14.4 Å². The van der Waals surface area contributed by atoms with Gasteiger partial charge in [-0.25, -0.2) is 14.0 Å². The van der Waals surface area contributed by atoms with E-state index in [2.05, 4.69) is 9.64 Å². The molecule has 196 valence electrons. The molecule has 1 aliphatic heterocycles. The fourth-order valence-corrected chi connectivity index (χ4v) is 4.97. The zero-order valence-corrected chi connectivity index (χ0v) is 20.3. The van der Waals surface area contributed by atoms with Crippen LogP contribution in [0.5, 0.6) is 5.75 Å². The number of pyridine rings is 1. The van der Waals surface area contributed by atoms with Crippen molar-refractivity contribution in [1.82, 2.24) is 9.47 Å². The minimum Gasteiger partial charge on any atom is -0.449 e. The maximum atomic E-state index is 15.3. The molecule has 1 aliphatic carbocycles. The number of aromatic nitrogens is 1. The molecule has 4 aromatic rings. The third kappa shape index (κ3) is 4.56. The van der Waals surface area contributed by atoms with Crippen molar-refractivity contribution in [3.63, 3.8) is 0 Å². The number of hydrogen-bond donors (Lipinski definition) is 1. The van der Waals surface area contributed by atoms with Crippen molar-refractivity contribution in [3.8, 4) is 17.1 Å². The normalized spacial score (nSPS) is 16.2. The van der Waals surface area contributed by atoms with Gasteiger partial charge in [0.25, 0.3) is 0 Å². The molecule has 0 atom stereocenters. The molecule has 0 amide bonds. The lowest BCUT2D eigenvalue weighted by molar-refractivity contribution is 0.143. The second-order valence-electron chi connectivity index (χ2n) is 9.49. The summed E-state index contributed by atoms with van der Waals surface area (Å²) in [6, 6.07) is 12.2. The third-order valence-electron chi connectivity index (χ3n) is 6.97. The van der Waals surface area contributed by atoms with E-state index in [1.54, 1.807) is 10.6 Å². The van der Waals surface area contributed by atoms with E-state index in [0.717, 1.165) is 18.4 Å². The molecule has 0 spiro atoms. The predicted molar refractivity (Wildman–Crippen MR) is 135 cm³/mol. The number of carboxylic acid groups (broad SMARTS) is 1. The van der Waals surface area contributed by atoms with E-state index in [0.29, 0.717) is 55.4 Å². The lowest BCUT2D eigenvalue weighted by Gasteiger charge is -2.36. The number of ether oxygens (including phenoxy) is 1. The first kappa shape index (κ1) is 24.0. The van der Waals surface area contributed by atoms with Crippen LogP contribution in [0.4, 0.5) is 14.9 Å². The number of carbonyl (C=O) groups is 1. The highest BCUT2D eigenvalue weighted by Gasteiger charge is 2.29. The smallest absolute Gasteiger partial charge is 0.449 e. The Kier molecular flexibility index (Phi) is 5.99. The molecule has 1 N–H and O–H groups in total. The molecule has 0 unspecified atom stereocenters. The third-order valence-corrected chi connectivity index (χ3v) is 6.97. The summed E-state index contributed by atoms with van der Waals surface area (Å²) in [4.78, 5) is 39.7. The standard InChI is InChI=1S/C27H24FN3O7/c28-19-12-18-20(31(17-6-7-17)15-22(24(18)32)36-26(33)34)13-21(19)30-10-8-29(9-11-30)14-23-25(38-27(35)37-23)16-4-2-1-3-5-16/h1-5,12-13,15,17H,6-11,14H2,(H,33,34). The Hall–Kier alpha value is -4.38. The summed E-state index contributed by atoms with van der Waals surface area (Å²) < 4.78 is 32.4. The second kappa shape index (κ2) is 9.49. The molecule has 0 bridgehead atoms. The van der Waals surface area contributed by atoms with Crippen LogP contribution in [0.1, 0.15) is 24.6 Å². The van der Waals surface area contributed by atoms with Crippen LogP contribution >= 0.6 is 0 Å². The first-order chi connectivity index (χ1) is 18.4. The topological polar surface area (TPSA) is 118 Å². The number of benzene rings is 2. The van der Waals surface area contributed by atoms with Crippen LogP contribution in [0.15, 0.2) is 67.1 Å². The van der Waals surface area contributed by atoms with Crippen molar-refractivity contribution < 1.29 is 27.9 Å². The molecule has 1 saturated carbocycles. The van der Waals surface area contributed by atoms with Gasteiger partial charge in [0.15, 0.2) is 17.3 Å². The molecule has 2 aliphatic rings. The Morgan fingerprint density at radius 3 is 2.47 bits per heavy atom. The molecular formula is C27H24FN3O7. The van der Waals surface area contributed by atoms with Crippen LogP contribution in [0.3, 0.4) is 0 Å². The number of halogens is 1. The highest BCUT2D eigenvalue weighted by atomic mass is 19.1. The average Bonchev–Trinajstić information content (AvgIpc) is 3.68. The van der Waals surface area contributed by atoms with Gasteiger partial charge in [0, 0.05) is 37.8 Å². The van der Waals surface area contributed by atoms with Crippen molar-refractivity contribution >= 4 is 22.7 Å². The van der Waals surface area contributed by atoms with Crippen LogP contribution in [0.25, 0.3) is 22.2 Å². The van der Waals surface area contributed by atoms with Gasteiger partial charge >= 0.3 is 12.0 Å². The van der Waals surface area contributed by atoms with Gasteiger partial charge in [0.2, 0.25) is 5.43 Å². The first-order valence-electron chi connectivity index (χ1n) is 12.3. The molecule has 6 rings (SSSR count). The van der Waals surface area contributed by atoms with E-state index in [4.69, 9.17) is 13.9 Å². The largest absolute Gasteiger partial charge is 0.519 e. The second-order valence-corrected chi connectivity index (χ2v) is 9.49. The SMILES string of the molecule is O=C(O)Oc1cn(C2CC2)c2cc(N3CCN(Cc4oc(=O)oc4-c4ccccc4)CC3)c(F)cc2c1=O. The zero-order valence-electron chi connectivity index (χ0n) is 20.3. The summed E-state index contributed by atoms with van der Waals surface area (Å²) in [6.45, 7) is 2.57. The van der Waals surface area contributed by atoms with Crippen LogP contribution in [-0.4, -0.2) is 46.9 Å². The number of hydrogen-bond acceptors (Lipinski definition) is 8. The van der Waals surface area contributed by atoms with Gasteiger partial charge < -0.3 is 28.1 Å². The summed E-state index contributed by atoms with van der Waals surface area (Å²) >= 11 is 0. The van der Waals surface area contributed by atoms with E-state index < -0.39 is 23.2 Å². The Morgan fingerprint density at radius 2 is 1.79 bits per heavy atom. The monoisotopic (exact) mass is 521 g/mol. The van der Waals surface area contributed by atoms with Crippen LogP contribution < -0.4 is 20.9 Å². The number of anilines is 1. The summed E-state index contributed by atoms with van der Waals surface area (Å²) in [5.41, 5.74) is 1.01. The molecule has 1 saturated heterocycles. The lowest BCUT2D eigenvalue weighted by Crippen LogP contribution is -2.46. The molecule has 2 aromatic carbocycles. The highest BCUT2D eigenvalue weighted by molar-refractivity contribution is 5.85. The van der Waals surface area contributed by atoms with E-state index in [1.165, 1.54) is 12.3 Å². The minimum atomic E-state index is -1.59. The van der Waals surface area contributed by atoms with Gasteiger partial charge in [-0.3, -0.25) is 9.69 Å². The molecule has 2 fully saturated rings. The fourth-order valence-electron chi connectivity index (χ4n) is 4.97. The van der Waals surface area contributed by atoms with Crippen molar-refractivity contribution in [1.29, 1.82) is 0 Å². The Bertz CT molecular complexity index is 1630. The van der Waals surface area contributed by atoms with E-state index in [-0.39, 0.29) is 17.2 Å². The number of nitrogens with zero attached hydrogens (tertiary/aromatic N) is 3. The summed E-state index contributed by atoms with van der Waals surface area (Å²) in [5.74, 6) is -0.805. The quantitative estimate of drug-likeness (QED) is 0.375. The summed E-state index contributed by atoms with van der Waals surface area (Å²) in [7, 11) is 0. The average molecular weight is 522 g/mol. The Labute approximate surface area is 215 Å². The molecule has 10 nitrogen and oxygen atoms in total. The minimum absolute atomic E-state index is 0.0824. The van der Waals surface area contributed by atoms with Gasteiger partial charge in [-0.05, 0) is 25.0 Å². The molecule has 2 aromatic heterocycles. The van der Waals surface area contributed by atoms with Crippen LogP contribution in [-0.2, 0) is 6.54 Å². The molecule has 38 heavy (non-hydrogen) atoms.